The number of aromatic nitrogens is 3. The summed E-state index contributed by atoms with van der Waals surface area (Å²) in [6.45, 7) is 3.94. The fraction of sp³-hybridized carbons (Fsp3) is 0.429. The number of aryl methyl sites for hydroxylation is 1. The molecule has 1 fully saturated rings. The van der Waals surface area contributed by atoms with Crippen molar-refractivity contribution in [3.63, 3.8) is 0 Å². The van der Waals surface area contributed by atoms with Crippen molar-refractivity contribution in [2.75, 3.05) is 6.54 Å². The van der Waals surface area contributed by atoms with Crippen molar-refractivity contribution in [1.29, 1.82) is 0 Å². The Bertz CT molecular complexity index is 526. The number of imidazole rings is 1. The lowest BCUT2D eigenvalue weighted by molar-refractivity contribution is 0.581. The predicted octanol–water partition coefficient (Wildman–Crippen LogP) is 2.06. The molecule has 1 unspecified atom stereocenters. The van der Waals surface area contributed by atoms with Crippen LogP contribution in [0.15, 0.2) is 30.7 Å². The Morgan fingerprint density at radius 2 is 2.39 bits per heavy atom. The largest absolute Gasteiger partial charge is 0.327 e. The van der Waals surface area contributed by atoms with Crippen LogP contribution in [0.3, 0.4) is 0 Å². The summed E-state index contributed by atoms with van der Waals surface area (Å²) in [4.78, 5) is 8.83. The summed E-state index contributed by atoms with van der Waals surface area (Å²) in [5.41, 5.74) is 3.43. The third-order valence-electron chi connectivity index (χ3n) is 3.44. The molecule has 2 aromatic rings. The van der Waals surface area contributed by atoms with Crippen LogP contribution in [-0.4, -0.2) is 21.1 Å². The van der Waals surface area contributed by atoms with Crippen LogP contribution in [0.1, 0.15) is 36.0 Å². The van der Waals surface area contributed by atoms with Gasteiger partial charge in [-0.3, -0.25) is 4.98 Å². The van der Waals surface area contributed by atoms with Crippen LogP contribution in [0.25, 0.3) is 0 Å². The van der Waals surface area contributed by atoms with Gasteiger partial charge in [0.15, 0.2) is 0 Å². The third-order valence-corrected chi connectivity index (χ3v) is 3.44. The molecule has 94 valence electrons. The minimum absolute atomic E-state index is 0.456. The molecule has 1 aliphatic heterocycles. The second-order valence-electron chi connectivity index (χ2n) is 4.87. The van der Waals surface area contributed by atoms with E-state index in [1.165, 1.54) is 18.5 Å². The van der Waals surface area contributed by atoms with Gasteiger partial charge in [0.2, 0.25) is 0 Å². The highest BCUT2D eigenvalue weighted by Gasteiger charge is 2.19. The summed E-state index contributed by atoms with van der Waals surface area (Å²) in [5, 5.41) is 3.52. The molecule has 1 saturated heterocycles. The highest BCUT2D eigenvalue weighted by atomic mass is 15.1. The molecule has 4 heteroatoms. The smallest absolute Gasteiger partial charge is 0.0952 e. The Labute approximate surface area is 107 Å². The molecule has 18 heavy (non-hydrogen) atoms. The lowest BCUT2D eigenvalue weighted by atomic mass is 10.1. The van der Waals surface area contributed by atoms with E-state index in [1.807, 2.05) is 25.5 Å². The number of nitrogens with zero attached hydrogens (tertiary/aromatic N) is 3. The summed E-state index contributed by atoms with van der Waals surface area (Å²) >= 11 is 0. The van der Waals surface area contributed by atoms with E-state index >= 15 is 0 Å². The van der Waals surface area contributed by atoms with Gasteiger partial charge >= 0.3 is 0 Å². The lowest BCUT2D eigenvalue weighted by Crippen LogP contribution is -2.17. The zero-order valence-corrected chi connectivity index (χ0v) is 10.6. The number of pyridine rings is 1. The zero-order chi connectivity index (χ0) is 12.4. The van der Waals surface area contributed by atoms with E-state index in [0.29, 0.717) is 6.04 Å². The first-order valence-electron chi connectivity index (χ1n) is 6.49. The van der Waals surface area contributed by atoms with Gasteiger partial charge in [-0.1, -0.05) is 6.07 Å². The molecule has 1 N–H and O–H groups in total. The van der Waals surface area contributed by atoms with Gasteiger partial charge in [-0.05, 0) is 38.4 Å². The minimum atomic E-state index is 0.456. The Hall–Kier alpha value is -1.68. The number of nitrogens with one attached hydrogen (secondary N) is 1. The van der Waals surface area contributed by atoms with E-state index in [4.69, 9.17) is 0 Å². The SMILES string of the molecule is Cc1cccc(Cn2cncc2C2CCCN2)n1. The van der Waals surface area contributed by atoms with Crippen LogP contribution in [0.4, 0.5) is 0 Å². The molecule has 0 amide bonds. The molecule has 1 aliphatic rings. The number of rotatable bonds is 3. The minimum Gasteiger partial charge on any atom is -0.327 e. The average Bonchev–Trinajstić information content (AvgIpc) is 2.98. The third kappa shape index (κ3) is 2.29. The monoisotopic (exact) mass is 242 g/mol. The fourth-order valence-electron chi connectivity index (χ4n) is 2.55. The molecule has 0 aliphatic carbocycles. The fourth-order valence-corrected chi connectivity index (χ4v) is 2.55. The standard InChI is InChI=1S/C14H18N4/c1-11-4-2-5-12(17-11)9-18-10-15-8-14(18)13-6-3-7-16-13/h2,4-5,8,10,13,16H,3,6-7,9H2,1H3. The molecule has 0 saturated carbocycles. The summed E-state index contributed by atoms with van der Waals surface area (Å²) < 4.78 is 2.20. The quantitative estimate of drug-likeness (QED) is 0.896. The van der Waals surface area contributed by atoms with Crippen molar-refractivity contribution in [2.45, 2.75) is 32.4 Å². The van der Waals surface area contributed by atoms with Crippen LogP contribution in [0, 0.1) is 6.92 Å². The van der Waals surface area contributed by atoms with Crippen molar-refractivity contribution in [1.82, 2.24) is 19.9 Å². The van der Waals surface area contributed by atoms with E-state index in [1.54, 1.807) is 0 Å². The maximum atomic E-state index is 4.55. The van der Waals surface area contributed by atoms with Crippen molar-refractivity contribution >= 4 is 0 Å². The van der Waals surface area contributed by atoms with Crippen LogP contribution in [0.5, 0.6) is 0 Å². The van der Waals surface area contributed by atoms with Crippen LogP contribution < -0.4 is 5.32 Å². The Morgan fingerprint density at radius 3 is 3.17 bits per heavy atom. The van der Waals surface area contributed by atoms with Gasteiger partial charge in [0, 0.05) is 17.9 Å². The van der Waals surface area contributed by atoms with Crippen LogP contribution in [0.2, 0.25) is 0 Å². The normalized spacial score (nSPS) is 19.3. The van der Waals surface area contributed by atoms with Gasteiger partial charge in [0.1, 0.15) is 0 Å². The van der Waals surface area contributed by atoms with E-state index in [0.717, 1.165) is 24.5 Å². The summed E-state index contributed by atoms with van der Waals surface area (Å²) in [7, 11) is 0. The molecular weight excluding hydrogens is 224 g/mol. The Kier molecular flexibility index (Phi) is 3.11. The molecule has 0 spiro atoms. The first-order valence-corrected chi connectivity index (χ1v) is 6.49. The predicted molar refractivity (Wildman–Crippen MR) is 70.3 cm³/mol. The molecule has 3 rings (SSSR count). The molecule has 0 bridgehead atoms. The summed E-state index contributed by atoms with van der Waals surface area (Å²) in [6, 6.07) is 6.61. The molecule has 2 aromatic heterocycles. The van der Waals surface area contributed by atoms with Crippen molar-refractivity contribution < 1.29 is 0 Å². The molecular formula is C14H18N4. The van der Waals surface area contributed by atoms with Gasteiger partial charge in [-0.15, -0.1) is 0 Å². The summed E-state index contributed by atoms with van der Waals surface area (Å²) in [6.07, 6.45) is 6.32. The summed E-state index contributed by atoms with van der Waals surface area (Å²) in [5.74, 6) is 0. The second kappa shape index (κ2) is 4.90. The lowest BCUT2D eigenvalue weighted by Gasteiger charge is -2.13. The topological polar surface area (TPSA) is 42.7 Å². The van der Waals surface area contributed by atoms with Crippen LogP contribution in [-0.2, 0) is 6.54 Å². The first kappa shape index (κ1) is 11.4. The first-order chi connectivity index (χ1) is 8.83. The second-order valence-corrected chi connectivity index (χ2v) is 4.87. The molecule has 0 radical (unpaired) electrons. The Morgan fingerprint density at radius 1 is 1.44 bits per heavy atom. The van der Waals surface area contributed by atoms with E-state index in [2.05, 4.69) is 32.0 Å². The van der Waals surface area contributed by atoms with Gasteiger partial charge < -0.3 is 9.88 Å². The highest BCUT2D eigenvalue weighted by molar-refractivity contribution is 5.13. The van der Waals surface area contributed by atoms with E-state index in [-0.39, 0.29) is 0 Å². The Balaban J connectivity index is 1.82. The van der Waals surface area contributed by atoms with Crippen molar-refractivity contribution in [3.8, 4) is 0 Å². The van der Waals surface area contributed by atoms with E-state index in [9.17, 15) is 0 Å². The van der Waals surface area contributed by atoms with Gasteiger partial charge in [0.05, 0.1) is 24.3 Å². The van der Waals surface area contributed by atoms with Gasteiger partial charge in [-0.2, -0.15) is 0 Å². The maximum absolute atomic E-state index is 4.55. The van der Waals surface area contributed by atoms with Gasteiger partial charge in [0.25, 0.3) is 0 Å². The van der Waals surface area contributed by atoms with Crippen LogP contribution >= 0.6 is 0 Å². The molecule has 4 nitrogen and oxygen atoms in total. The molecule has 1 atom stereocenters. The van der Waals surface area contributed by atoms with Crippen molar-refractivity contribution in [2.24, 2.45) is 0 Å². The average molecular weight is 242 g/mol. The molecule has 3 heterocycles. The zero-order valence-electron chi connectivity index (χ0n) is 10.6. The van der Waals surface area contributed by atoms with E-state index < -0.39 is 0 Å². The molecule has 0 aromatic carbocycles. The van der Waals surface area contributed by atoms with Gasteiger partial charge in [-0.25, -0.2) is 4.98 Å². The number of hydrogen-bond donors (Lipinski definition) is 1. The maximum Gasteiger partial charge on any atom is 0.0952 e. The van der Waals surface area contributed by atoms with Crippen molar-refractivity contribution in [3.05, 3.63) is 47.8 Å². The number of hydrogen-bond acceptors (Lipinski definition) is 3. The highest BCUT2D eigenvalue weighted by Crippen LogP contribution is 2.22.